The lowest BCUT2D eigenvalue weighted by molar-refractivity contribution is -0.137. The number of nitrogens with zero attached hydrogens (tertiary/aromatic N) is 2. The van der Waals surface area contributed by atoms with Gasteiger partial charge in [-0.05, 0) is 41.5 Å². The number of hydrogen-bond acceptors (Lipinski definition) is 4. The van der Waals surface area contributed by atoms with Gasteiger partial charge in [0.1, 0.15) is 12.4 Å². The maximum Gasteiger partial charge on any atom is 0.304 e. The van der Waals surface area contributed by atoms with Crippen LogP contribution in [0.25, 0.3) is 11.3 Å². The molecule has 4 rings (SSSR count). The second kappa shape index (κ2) is 8.88. The quantitative estimate of drug-likeness (QED) is 0.658. The van der Waals surface area contributed by atoms with Crippen LogP contribution in [0.5, 0.6) is 5.75 Å². The Morgan fingerprint density at radius 3 is 2.59 bits per heavy atom. The van der Waals surface area contributed by atoms with Gasteiger partial charge in [-0.1, -0.05) is 36.4 Å². The summed E-state index contributed by atoms with van der Waals surface area (Å²) >= 11 is 0. The first-order valence-corrected chi connectivity index (χ1v) is 9.87. The van der Waals surface area contributed by atoms with Crippen LogP contribution in [0.2, 0.25) is 0 Å². The number of rotatable bonds is 7. The number of pyridine rings is 1. The summed E-state index contributed by atoms with van der Waals surface area (Å²) in [5, 5.41) is 8.87. The summed E-state index contributed by atoms with van der Waals surface area (Å²) in [7, 11) is 0. The molecule has 1 aliphatic rings. The molecular weight excluding hydrogens is 364 g/mol. The number of carbonyl (C=O) groups is 1. The van der Waals surface area contributed by atoms with E-state index in [4.69, 9.17) is 14.8 Å². The molecule has 0 spiro atoms. The zero-order valence-electron chi connectivity index (χ0n) is 16.3. The van der Waals surface area contributed by atoms with Gasteiger partial charge >= 0.3 is 5.97 Å². The number of carboxylic acids is 1. The van der Waals surface area contributed by atoms with Crippen LogP contribution in [0.4, 0.5) is 0 Å². The van der Waals surface area contributed by atoms with E-state index < -0.39 is 5.97 Å². The third-order valence-electron chi connectivity index (χ3n) is 5.17. The van der Waals surface area contributed by atoms with Crippen LogP contribution >= 0.6 is 0 Å². The Hall–Kier alpha value is -3.18. The summed E-state index contributed by atoms with van der Waals surface area (Å²) in [5.74, 6) is 0.0881. The molecule has 0 atom stereocenters. The van der Waals surface area contributed by atoms with Crippen LogP contribution in [-0.2, 0) is 24.4 Å². The zero-order valence-corrected chi connectivity index (χ0v) is 16.3. The van der Waals surface area contributed by atoms with Gasteiger partial charge < -0.3 is 9.84 Å². The molecule has 0 saturated carbocycles. The fourth-order valence-corrected chi connectivity index (χ4v) is 3.54. The summed E-state index contributed by atoms with van der Waals surface area (Å²) in [5.41, 5.74) is 5.46. The minimum atomic E-state index is -0.750. The number of fused-ring (bicyclic) bond motifs is 1. The van der Waals surface area contributed by atoms with Crippen LogP contribution in [-0.4, -0.2) is 34.0 Å². The molecule has 2 aromatic carbocycles. The lowest BCUT2D eigenvalue weighted by atomic mass is 10.0. The number of aliphatic carboxylic acids is 1. The summed E-state index contributed by atoms with van der Waals surface area (Å²) < 4.78 is 5.86. The highest BCUT2D eigenvalue weighted by Gasteiger charge is 2.18. The van der Waals surface area contributed by atoms with E-state index in [0.29, 0.717) is 13.2 Å². The smallest absolute Gasteiger partial charge is 0.304 e. The van der Waals surface area contributed by atoms with Crippen molar-refractivity contribution in [3.05, 3.63) is 83.6 Å². The van der Waals surface area contributed by atoms with Crippen molar-refractivity contribution < 1.29 is 14.6 Å². The lowest BCUT2D eigenvalue weighted by Gasteiger charge is -2.27. The van der Waals surface area contributed by atoms with Crippen LogP contribution in [0, 0.1) is 0 Å². The first-order chi connectivity index (χ1) is 14.2. The normalized spacial score (nSPS) is 13.7. The topological polar surface area (TPSA) is 62.7 Å². The third kappa shape index (κ3) is 5.00. The molecule has 148 valence electrons. The number of benzene rings is 2. The van der Waals surface area contributed by atoms with Crippen molar-refractivity contribution in [1.29, 1.82) is 0 Å². The Balaban J connectivity index is 1.39. The molecule has 0 aliphatic carbocycles. The largest absolute Gasteiger partial charge is 0.489 e. The monoisotopic (exact) mass is 388 g/mol. The zero-order chi connectivity index (χ0) is 20.1. The van der Waals surface area contributed by atoms with Crippen molar-refractivity contribution in [3.8, 4) is 17.0 Å². The van der Waals surface area contributed by atoms with Crippen molar-refractivity contribution in [2.45, 2.75) is 26.0 Å². The molecule has 0 fully saturated rings. The maximum atomic E-state index is 10.8. The summed E-state index contributed by atoms with van der Waals surface area (Å²) in [4.78, 5) is 17.8. The second-order valence-corrected chi connectivity index (χ2v) is 7.27. The van der Waals surface area contributed by atoms with Gasteiger partial charge in [0, 0.05) is 37.3 Å². The highest BCUT2D eigenvalue weighted by Crippen LogP contribution is 2.25. The summed E-state index contributed by atoms with van der Waals surface area (Å²) in [6, 6.07) is 22.3. The molecule has 1 aliphatic heterocycles. The van der Waals surface area contributed by atoms with Crippen molar-refractivity contribution in [1.82, 2.24) is 9.88 Å². The summed E-state index contributed by atoms with van der Waals surface area (Å²) in [6.07, 6.45) is 1.03. The minimum absolute atomic E-state index is 0.180. The molecule has 1 N–H and O–H groups in total. The van der Waals surface area contributed by atoms with Gasteiger partial charge in [0.15, 0.2) is 0 Å². The number of hydrogen-bond donors (Lipinski definition) is 1. The van der Waals surface area contributed by atoms with E-state index in [-0.39, 0.29) is 6.42 Å². The van der Waals surface area contributed by atoms with Gasteiger partial charge in [-0.2, -0.15) is 0 Å². The van der Waals surface area contributed by atoms with Crippen molar-refractivity contribution in [2.75, 3.05) is 13.1 Å². The number of aromatic nitrogens is 1. The molecule has 2 heterocycles. The summed E-state index contributed by atoms with van der Waals surface area (Å²) in [6.45, 7) is 2.75. The predicted molar refractivity (Wildman–Crippen MR) is 112 cm³/mol. The van der Waals surface area contributed by atoms with Gasteiger partial charge in [-0.15, -0.1) is 0 Å². The first-order valence-electron chi connectivity index (χ1n) is 9.87. The van der Waals surface area contributed by atoms with Gasteiger partial charge in [-0.25, -0.2) is 0 Å². The Morgan fingerprint density at radius 2 is 1.83 bits per heavy atom. The molecule has 0 radical (unpaired) electrons. The van der Waals surface area contributed by atoms with E-state index in [9.17, 15) is 4.79 Å². The molecule has 0 amide bonds. The fraction of sp³-hybridized carbons (Fsp3) is 0.250. The fourth-order valence-electron chi connectivity index (χ4n) is 3.54. The average molecular weight is 388 g/mol. The molecule has 0 saturated heterocycles. The Kier molecular flexibility index (Phi) is 5.86. The van der Waals surface area contributed by atoms with Crippen LogP contribution in [0.3, 0.4) is 0 Å². The highest BCUT2D eigenvalue weighted by atomic mass is 16.5. The number of ether oxygens (including phenoxy) is 1. The average Bonchev–Trinajstić information content (AvgIpc) is 2.77. The van der Waals surface area contributed by atoms with E-state index in [1.54, 1.807) is 0 Å². The second-order valence-electron chi connectivity index (χ2n) is 7.27. The van der Waals surface area contributed by atoms with E-state index in [2.05, 4.69) is 11.0 Å². The van der Waals surface area contributed by atoms with E-state index in [0.717, 1.165) is 47.8 Å². The van der Waals surface area contributed by atoms with E-state index in [1.807, 2.05) is 60.7 Å². The predicted octanol–water partition coefficient (Wildman–Crippen LogP) is 4.16. The molecule has 5 nitrogen and oxygen atoms in total. The third-order valence-corrected chi connectivity index (χ3v) is 5.17. The minimum Gasteiger partial charge on any atom is -0.489 e. The highest BCUT2D eigenvalue weighted by molar-refractivity contribution is 5.66. The van der Waals surface area contributed by atoms with Gasteiger partial charge in [0.05, 0.1) is 12.1 Å². The van der Waals surface area contributed by atoms with Gasteiger partial charge in [0.2, 0.25) is 0 Å². The van der Waals surface area contributed by atoms with Gasteiger partial charge in [-0.3, -0.25) is 14.7 Å². The van der Waals surface area contributed by atoms with Gasteiger partial charge in [0.25, 0.3) is 0 Å². The van der Waals surface area contributed by atoms with E-state index >= 15 is 0 Å². The van der Waals surface area contributed by atoms with Crippen molar-refractivity contribution in [3.63, 3.8) is 0 Å². The van der Waals surface area contributed by atoms with E-state index in [1.165, 1.54) is 5.56 Å². The Bertz CT molecular complexity index is 971. The van der Waals surface area contributed by atoms with Crippen LogP contribution < -0.4 is 4.74 Å². The molecular formula is C24H24N2O3. The molecule has 0 unspecified atom stereocenters. The molecule has 0 bridgehead atoms. The standard InChI is InChI=1S/C24H24N2O3/c27-24(28)13-15-26-14-12-23-20(16-26)8-11-22(25-23)19-6-9-21(10-7-19)29-17-18-4-2-1-3-5-18/h1-11H,12-17H2,(H,27,28). The lowest BCUT2D eigenvalue weighted by Crippen LogP contribution is -2.32. The maximum absolute atomic E-state index is 10.8. The molecule has 5 heteroatoms. The van der Waals surface area contributed by atoms with Crippen LogP contribution in [0.1, 0.15) is 23.2 Å². The Morgan fingerprint density at radius 1 is 1.03 bits per heavy atom. The van der Waals surface area contributed by atoms with Crippen molar-refractivity contribution >= 4 is 5.97 Å². The Labute approximate surface area is 170 Å². The van der Waals surface area contributed by atoms with Crippen molar-refractivity contribution in [2.24, 2.45) is 0 Å². The first kappa shape index (κ1) is 19.2. The molecule has 3 aromatic rings. The van der Waals surface area contributed by atoms with Crippen LogP contribution in [0.15, 0.2) is 66.7 Å². The molecule has 29 heavy (non-hydrogen) atoms. The number of carboxylic acid groups (broad SMARTS) is 1. The molecule has 1 aromatic heterocycles. The SMILES string of the molecule is O=C(O)CCN1CCc2nc(-c3ccc(OCc4ccccc4)cc3)ccc2C1.